The van der Waals surface area contributed by atoms with Gasteiger partial charge in [0.05, 0.1) is 16.8 Å². The third-order valence-corrected chi connectivity index (χ3v) is 7.52. The van der Waals surface area contributed by atoms with Crippen molar-refractivity contribution in [1.29, 1.82) is 0 Å². The van der Waals surface area contributed by atoms with Crippen molar-refractivity contribution in [1.82, 2.24) is 14.5 Å². The fourth-order valence-electron chi connectivity index (χ4n) is 3.88. The molecular formula is C22H25N3O2S2. The molecule has 2 aromatic heterocycles. The summed E-state index contributed by atoms with van der Waals surface area (Å²) in [6, 6.07) is 9.62. The fraction of sp³-hybridized carbons (Fsp3) is 0.409. The van der Waals surface area contributed by atoms with Crippen molar-refractivity contribution in [2.24, 2.45) is 0 Å². The van der Waals surface area contributed by atoms with Gasteiger partial charge in [-0.2, -0.15) is 0 Å². The number of thiophene rings is 1. The third-order valence-electron chi connectivity index (χ3n) is 5.41. The van der Waals surface area contributed by atoms with E-state index in [2.05, 4.69) is 0 Å². The van der Waals surface area contributed by atoms with E-state index in [0.717, 1.165) is 35.2 Å². The molecule has 152 valence electrons. The Morgan fingerprint density at radius 1 is 1.17 bits per heavy atom. The minimum Gasteiger partial charge on any atom is -0.343 e. The number of fused-ring (bicyclic) bond motifs is 3. The number of aromatic nitrogens is 2. The molecule has 1 amide bonds. The lowest BCUT2D eigenvalue weighted by atomic mass is 9.97. The highest BCUT2D eigenvalue weighted by atomic mass is 32.2. The van der Waals surface area contributed by atoms with Crippen LogP contribution < -0.4 is 5.56 Å². The fourth-order valence-corrected chi connectivity index (χ4v) is 6.10. The van der Waals surface area contributed by atoms with E-state index in [-0.39, 0.29) is 17.2 Å². The summed E-state index contributed by atoms with van der Waals surface area (Å²) in [6.45, 7) is 5.33. The van der Waals surface area contributed by atoms with Crippen molar-refractivity contribution in [3.8, 4) is 5.69 Å². The van der Waals surface area contributed by atoms with E-state index < -0.39 is 0 Å². The Balaban J connectivity index is 1.82. The number of hydrogen-bond acceptors (Lipinski definition) is 5. The molecule has 1 aromatic carbocycles. The topological polar surface area (TPSA) is 55.2 Å². The van der Waals surface area contributed by atoms with Crippen LogP contribution >= 0.6 is 23.1 Å². The average molecular weight is 428 g/mol. The van der Waals surface area contributed by atoms with E-state index in [1.54, 1.807) is 20.8 Å². The zero-order valence-electron chi connectivity index (χ0n) is 16.8. The Labute approximate surface area is 178 Å². The smallest absolute Gasteiger partial charge is 0.267 e. The number of amides is 1. The van der Waals surface area contributed by atoms with Crippen LogP contribution in [-0.4, -0.2) is 39.2 Å². The molecule has 0 bridgehead atoms. The van der Waals surface area contributed by atoms with Crippen molar-refractivity contribution in [3.63, 3.8) is 0 Å². The molecule has 0 atom stereocenters. The Hall–Kier alpha value is -2.12. The summed E-state index contributed by atoms with van der Waals surface area (Å²) in [5.74, 6) is 0.344. The lowest BCUT2D eigenvalue weighted by Crippen LogP contribution is -2.32. The SMILES string of the molecule is CCN(CC)C(=O)CSc1nc2sc3c(c2c(=O)n1-c1ccccc1)CCCC3. The lowest BCUT2D eigenvalue weighted by Gasteiger charge is -2.19. The maximum Gasteiger partial charge on any atom is 0.267 e. The molecule has 7 heteroatoms. The molecule has 0 N–H and O–H groups in total. The van der Waals surface area contributed by atoms with E-state index in [1.165, 1.54) is 28.6 Å². The van der Waals surface area contributed by atoms with Crippen LogP contribution in [0, 0.1) is 0 Å². The number of aryl methyl sites for hydroxylation is 2. The molecule has 0 saturated carbocycles. The number of benzene rings is 1. The summed E-state index contributed by atoms with van der Waals surface area (Å²) in [6.07, 6.45) is 4.28. The van der Waals surface area contributed by atoms with Gasteiger partial charge in [-0.3, -0.25) is 14.2 Å². The van der Waals surface area contributed by atoms with Gasteiger partial charge in [-0.25, -0.2) is 4.98 Å². The van der Waals surface area contributed by atoms with Crippen molar-refractivity contribution in [2.75, 3.05) is 18.8 Å². The number of carbonyl (C=O) groups excluding carboxylic acids is 1. The molecule has 0 radical (unpaired) electrons. The molecule has 2 heterocycles. The summed E-state index contributed by atoms with van der Waals surface area (Å²) in [5.41, 5.74) is 1.97. The van der Waals surface area contributed by atoms with Gasteiger partial charge in [0.25, 0.3) is 5.56 Å². The quantitative estimate of drug-likeness (QED) is 0.435. The van der Waals surface area contributed by atoms with Gasteiger partial charge in [0.2, 0.25) is 5.91 Å². The summed E-state index contributed by atoms with van der Waals surface area (Å²) >= 11 is 3.00. The van der Waals surface area contributed by atoms with Gasteiger partial charge >= 0.3 is 0 Å². The Bertz CT molecular complexity index is 1080. The molecule has 29 heavy (non-hydrogen) atoms. The van der Waals surface area contributed by atoms with Gasteiger partial charge in [0.15, 0.2) is 5.16 Å². The predicted octanol–water partition coefficient (Wildman–Crippen LogP) is 4.29. The molecule has 1 aliphatic carbocycles. The number of thioether (sulfide) groups is 1. The van der Waals surface area contributed by atoms with E-state index in [1.807, 2.05) is 44.2 Å². The highest BCUT2D eigenvalue weighted by molar-refractivity contribution is 7.99. The monoisotopic (exact) mass is 427 g/mol. The molecule has 0 unspecified atom stereocenters. The van der Waals surface area contributed by atoms with Gasteiger partial charge in [-0.15, -0.1) is 11.3 Å². The molecule has 1 aliphatic rings. The van der Waals surface area contributed by atoms with Crippen molar-refractivity contribution < 1.29 is 4.79 Å². The van der Waals surface area contributed by atoms with Crippen LogP contribution in [0.3, 0.4) is 0 Å². The summed E-state index contributed by atoms with van der Waals surface area (Å²) in [5, 5.41) is 1.36. The minimum atomic E-state index is -0.0154. The highest BCUT2D eigenvalue weighted by Gasteiger charge is 2.23. The Kier molecular flexibility index (Phi) is 6.06. The second-order valence-electron chi connectivity index (χ2n) is 7.12. The maximum atomic E-state index is 13.6. The van der Waals surface area contributed by atoms with E-state index in [4.69, 9.17) is 4.98 Å². The van der Waals surface area contributed by atoms with Gasteiger partial charge in [-0.05, 0) is 57.2 Å². The molecule has 4 rings (SSSR count). The summed E-state index contributed by atoms with van der Waals surface area (Å²) < 4.78 is 1.68. The Morgan fingerprint density at radius 2 is 1.90 bits per heavy atom. The lowest BCUT2D eigenvalue weighted by molar-refractivity contribution is -0.127. The van der Waals surface area contributed by atoms with Crippen LogP contribution in [0.5, 0.6) is 0 Å². The maximum absolute atomic E-state index is 13.6. The summed E-state index contributed by atoms with van der Waals surface area (Å²) in [4.78, 5) is 34.9. The first-order valence-electron chi connectivity index (χ1n) is 10.2. The number of para-hydroxylation sites is 1. The molecule has 0 fully saturated rings. The summed E-state index contributed by atoms with van der Waals surface area (Å²) in [7, 11) is 0. The average Bonchev–Trinajstić information content (AvgIpc) is 3.12. The normalized spacial score (nSPS) is 13.4. The number of rotatable bonds is 6. The molecule has 5 nitrogen and oxygen atoms in total. The first-order valence-corrected chi connectivity index (χ1v) is 12.0. The molecule has 0 saturated heterocycles. The van der Waals surface area contributed by atoms with Crippen LogP contribution in [-0.2, 0) is 17.6 Å². The van der Waals surface area contributed by atoms with Crippen LogP contribution in [0.25, 0.3) is 15.9 Å². The van der Waals surface area contributed by atoms with E-state index in [0.29, 0.717) is 18.2 Å². The van der Waals surface area contributed by atoms with Gasteiger partial charge in [0, 0.05) is 18.0 Å². The van der Waals surface area contributed by atoms with Crippen molar-refractivity contribution >= 4 is 39.2 Å². The molecule has 3 aromatic rings. The number of carbonyl (C=O) groups is 1. The second kappa shape index (κ2) is 8.71. The van der Waals surface area contributed by atoms with E-state index in [9.17, 15) is 9.59 Å². The van der Waals surface area contributed by atoms with Crippen molar-refractivity contribution in [2.45, 2.75) is 44.7 Å². The largest absolute Gasteiger partial charge is 0.343 e. The zero-order valence-corrected chi connectivity index (χ0v) is 18.4. The molecule has 0 spiro atoms. The second-order valence-corrected chi connectivity index (χ2v) is 9.14. The number of hydrogen-bond donors (Lipinski definition) is 0. The van der Waals surface area contributed by atoms with Crippen molar-refractivity contribution in [3.05, 3.63) is 51.1 Å². The first kappa shape index (κ1) is 20.2. The van der Waals surface area contributed by atoms with Crippen LogP contribution in [0.2, 0.25) is 0 Å². The zero-order chi connectivity index (χ0) is 20.4. The van der Waals surface area contributed by atoms with Crippen LogP contribution in [0.1, 0.15) is 37.1 Å². The van der Waals surface area contributed by atoms with Crippen LogP contribution in [0.15, 0.2) is 40.3 Å². The first-order chi connectivity index (χ1) is 14.1. The van der Waals surface area contributed by atoms with E-state index >= 15 is 0 Å². The highest BCUT2D eigenvalue weighted by Crippen LogP contribution is 2.35. The molecular weight excluding hydrogens is 402 g/mol. The van der Waals surface area contributed by atoms with Gasteiger partial charge in [0.1, 0.15) is 4.83 Å². The third kappa shape index (κ3) is 3.85. The number of nitrogens with zero attached hydrogens (tertiary/aromatic N) is 3. The molecule has 0 aliphatic heterocycles. The Morgan fingerprint density at radius 3 is 2.62 bits per heavy atom. The minimum absolute atomic E-state index is 0.0154. The van der Waals surface area contributed by atoms with Crippen LogP contribution in [0.4, 0.5) is 0 Å². The predicted molar refractivity (Wildman–Crippen MR) is 121 cm³/mol. The van der Waals surface area contributed by atoms with Gasteiger partial charge in [-0.1, -0.05) is 30.0 Å². The van der Waals surface area contributed by atoms with Gasteiger partial charge < -0.3 is 4.90 Å². The standard InChI is InChI=1S/C22H25N3O2S2/c1-3-24(4-2)18(26)14-28-22-23-20-19(16-12-8-9-13-17(16)29-20)21(27)25(22)15-10-6-5-7-11-15/h5-7,10-11H,3-4,8-9,12-14H2,1-2H3.